The van der Waals surface area contributed by atoms with Crippen LogP contribution in [0.5, 0.6) is 0 Å². The minimum absolute atomic E-state index is 0.173. The van der Waals surface area contributed by atoms with Gasteiger partial charge in [-0.3, -0.25) is 0 Å². The zero-order valence-electron chi connectivity index (χ0n) is 10.2. The fraction of sp³-hybridized carbons (Fsp3) is 0.571. The van der Waals surface area contributed by atoms with E-state index in [1.807, 2.05) is 0 Å². The Morgan fingerprint density at radius 1 is 1.38 bits per heavy atom. The molecule has 16 heavy (non-hydrogen) atoms. The topological polar surface area (TPSA) is 40.5 Å². The van der Waals surface area contributed by atoms with Gasteiger partial charge in [-0.1, -0.05) is 13.0 Å². The van der Waals surface area contributed by atoms with Gasteiger partial charge in [0.1, 0.15) is 0 Å². The molecule has 1 aromatic carbocycles. The van der Waals surface area contributed by atoms with Crippen LogP contribution in [0.15, 0.2) is 6.07 Å². The lowest BCUT2D eigenvalue weighted by Crippen LogP contribution is -2.06. The Morgan fingerprint density at radius 2 is 2.06 bits per heavy atom. The van der Waals surface area contributed by atoms with Crippen LogP contribution in [0.1, 0.15) is 40.8 Å². The first kappa shape index (κ1) is 11.6. The Kier molecular flexibility index (Phi) is 3.04. The number of benzene rings is 1. The molecule has 1 aromatic rings. The third kappa shape index (κ3) is 1.66. The maximum atomic E-state index is 10.2. The highest BCUT2D eigenvalue weighted by molar-refractivity contribution is 5.49. The molecule has 0 aromatic heterocycles. The highest BCUT2D eigenvalue weighted by Gasteiger charge is 2.30. The molecule has 1 aliphatic rings. The summed E-state index contributed by atoms with van der Waals surface area (Å²) in [5.41, 5.74) is 6.03. The van der Waals surface area contributed by atoms with E-state index in [9.17, 15) is 5.11 Å². The molecular formula is C14H20O2. The van der Waals surface area contributed by atoms with Crippen molar-refractivity contribution in [2.75, 3.05) is 6.61 Å². The van der Waals surface area contributed by atoms with Gasteiger partial charge in [-0.05, 0) is 60.4 Å². The lowest BCUT2D eigenvalue weighted by molar-refractivity contribution is 0.132. The monoisotopic (exact) mass is 220 g/mol. The molecular weight excluding hydrogens is 200 g/mol. The Balaban J connectivity index is 2.54. The standard InChI is InChI=1S/C14H20O2/c1-8-6-11-7-9(2)14(16)13(11)10(3)12(8)4-5-15/h6,9,14-16H,4-5,7H2,1-3H3/t9-,14+/m1/s1. The molecule has 2 nitrogen and oxygen atoms in total. The van der Waals surface area contributed by atoms with Gasteiger partial charge in [0.05, 0.1) is 6.10 Å². The molecule has 0 heterocycles. The maximum Gasteiger partial charge on any atom is 0.0824 e. The van der Waals surface area contributed by atoms with Crippen LogP contribution in [0, 0.1) is 19.8 Å². The van der Waals surface area contributed by atoms with Crippen molar-refractivity contribution in [1.82, 2.24) is 0 Å². The van der Waals surface area contributed by atoms with Crippen LogP contribution >= 0.6 is 0 Å². The number of aliphatic hydroxyl groups excluding tert-OH is 2. The van der Waals surface area contributed by atoms with E-state index in [4.69, 9.17) is 5.11 Å². The quantitative estimate of drug-likeness (QED) is 0.801. The predicted octanol–water partition coefficient (Wildman–Crippen LogP) is 2.06. The van der Waals surface area contributed by atoms with Crippen molar-refractivity contribution < 1.29 is 10.2 Å². The van der Waals surface area contributed by atoms with Gasteiger partial charge < -0.3 is 10.2 Å². The molecule has 88 valence electrons. The fourth-order valence-corrected chi connectivity index (χ4v) is 2.95. The van der Waals surface area contributed by atoms with E-state index in [0.717, 1.165) is 12.0 Å². The molecule has 0 unspecified atom stereocenters. The van der Waals surface area contributed by atoms with Crippen LogP contribution in [-0.4, -0.2) is 16.8 Å². The summed E-state index contributed by atoms with van der Waals surface area (Å²) in [6.07, 6.45) is 1.33. The van der Waals surface area contributed by atoms with Gasteiger partial charge in [0.15, 0.2) is 0 Å². The predicted molar refractivity (Wildman–Crippen MR) is 64.5 cm³/mol. The van der Waals surface area contributed by atoms with E-state index < -0.39 is 0 Å². The third-order valence-electron chi connectivity index (χ3n) is 3.81. The number of aryl methyl sites for hydroxylation is 1. The van der Waals surface area contributed by atoms with Crippen molar-refractivity contribution in [3.05, 3.63) is 33.9 Å². The zero-order chi connectivity index (χ0) is 11.9. The molecule has 0 fully saturated rings. The molecule has 2 N–H and O–H groups in total. The van der Waals surface area contributed by atoms with Gasteiger partial charge in [0.2, 0.25) is 0 Å². The highest BCUT2D eigenvalue weighted by Crippen LogP contribution is 2.39. The summed E-state index contributed by atoms with van der Waals surface area (Å²) in [5, 5.41) is 19.2. The summed E-state index contributed by atoms with van der Waals surface area (Å²) in [6, 6.07) is 2.18. The summed E-state index contributed by atoms with van der Waals surface area (Å²) in [5.74, 6) is 0.317. The fourth-order valence-electron chi connectivity index (χ4n) is 2.95. The molecule has 0 radical (unpaired) electrons. The van der Waals surface area contributed by atoms with Crippen molar-refractivity contribution in [3.63, 3.8) is 0 Å². The number of hydrogen-bond acceptors (Lipinski definition) is 2. The van der Waals surface area contributed by atoms with Crippen molar-refractivity contribution in [2.45, 2.75) is 39.7 Å². The van der Waals surface area contributed by atoms with Crippen molar-refractivity contribution in [2.24, 2.45) is 5.92 Å². The van der Waals surface area contributed by atoms with E-state index in [1.54, 1.807) is 0 Å². The van der Waals surface area contributed by atoms with E-state index in [0.29, 0.717) is 12.3 Å². The molecule has 1 aliphatic carbocycles. The summed E-state index contributed by atoms with van der Waals surface area (Å²) >= 11 is 0. The van der Waals surface area contributed by atoms with Crippen molar-refractivity contribution >= 4 is 0 Å². The first-order valence-corrected chi connectivity index (χ1v) is 5.97. The Hall–Kier alpha value is -0.860. The van der Waals surface area contributed by atoms with Crippen LogP contribution in [-0.2, 0) is 12.8 Å². The zero-order valence-corrected chi connectivity index (χ0v) is 10.2. The molecule has 2 heteroatoms. The van der Waals surface area contributed by atoms with Gasteiger partial charge in [-0.2, -0.15) is 0 Å². The van der Waals surface area contributed by atoms with Gasteiger partial charge >= 0.3 is 0 Å². The van der Waals surface area contributed by atoms with E-state index in [1.165, 1.54) is 22.3 Å². The van der Waals surface area contributed by atoms with E-state index >= 15 is 0 Å². The SMILES string of the molecule is Cc1cc2c(c(C)c1CCO)[C@@H](O)[C@H](C)C2. The second-order valence-electron chi connectivity index (χ2n) is 4.97. The first-order valence-electron chi connectivity index (χ1n) is 5.97. The summed E-state index contributed by atoms with van der Waals surface area (Å²) < 4.78 is 0. The molecule has 2 rings (SSSR count). The summed E-state index contributed by atoms with van der Waals surface area (Å²) in [4.78, 5) is 0. The van der Waals surface area contributed by atoms with Crippen LogP contribution in [0.4, 0.5) is 0 Å². The van der Waals surface area contributed by atoms with Crippen LogP contribution in [0.3, 0.4) is 0 Å². The molecule has 0 aliphatic heterocycles. The number of fused-ring (bicyclic) bond motifs is 1. The van der Waals surface area contributed by atoms with Crippen molar-refractivity contribution in [1.29, 1.82) is 0 Å². The van der Waals surface area contributed by atoms with Gasteiger partial charge in [-0.15, -0.1) is 0 Å². The average molecular weight is 220 g/mol. The molecule has 0 bridgehead atoms. The van der Waals surface area contributed by atoms with E-state index in [-0.39, 0.29) is 12.7 Å². The lowest BCUT2D eigenvalue weighted by atomic mass is 9.92. The van der Waals surface area contributed by atoms with Gasteiger partial charge in [-0.25, -0.2) is 0 Å². The maximum absolute atomic E-state index is 10.2. The second-order valence-corrected chi connectivity index (χ2v) is 4.97. The van der Waals surface area contributed by atoms with Crippen LogP contribution in [0.25, 0.3) is 0 Å². The Labute approximate surface area is 96.9 Å². The van der Waals surface area contributed by atoms with E-state index in [2.05, 4.69) is 26.8 Å². The smallest absolute Gasteiger partial charge is 0.0824 e. The van der Waals surface area contributed by atoms with Crippen LogP contribution < -0.4 is 0 Å². The van der Waals surface area contributed by atoms with Crippen molar-refractivity contribution in [3.8, 4) is 0 Å². The third-order valence-corrected chi connectivity index (χ3v) is 3.81. The highest BCUT2D eigenvalue weighted by atomic mass is 16.3. The number of aliphatic hydroxyl groups is 2. The molecule has 0 saturated heterocycles. The Bertz CT molecular complexity index is 410. The first-order chi connectivity index (χ1) is 7.56. The minimum atomic E-state index is -0.326. The number of hydrogen-bond donors (Lipinski definition) is 2. The number of rotatable bonds is 2. The van der Waals surface area contributed by atoms with Gasteiger partial charge in [0.25, 0.3) is 0 Å². The second kappa shape index (κ2) is 4.19. The molecule has 0 spiro atoms. The normalized spacial score (nSPS) is 23.6. The summed E-state index contributed by atoms with van der Waals surface area (Å²) in [6.45, 7) is 6.42. The van der Waals surface area contributed by atoms with Crippen LogP contribution in [0.2, 0.25) is 0 Å². The Morgan fingerprint density at radius 3 is 2.69 bits per heavy atom. The molecule has 0 saturated carbocycles. The largest absolute Gasteiger partial charge is 0.396 e. The lowest BCUT2D eigenvalue weighted by Gasteiger charge is -2.16. The molecule has 0 amide bonds. The average Bonchev–Trinajstić information content (AvgIpc) is 2.49. The minimum Gasteiger partial charge on any atom is -0.396 e. The molecule has 2 atom stereocenters. The van der Waals surface area contributed by atoms with Gasteiger partial charge in [0, 0.05) is 6.61 Å². The summed E-state index contributed by atoms with van der Waals surface area (Å²) in [7, 11) is 0.